The number of aliphatic hydroxyl groups is 1. The van der Waals surface area contributed by atoms with Gasteiger partial charge in [0.15, 0.2) is 0 Å². The molecule has 0 heterocycles. The predicted molar refractivity (Wildman–Crippen MR) is 70.1 cm³/mol. The fourth-order valence-electron chi connectivity index (χ4n) is 3.49. The summed E-state index contributed by atoms with van der Waals surface area (Å²) in [6, 6.07) is 0. The zero-order chi connectivity index (χ0) is 13.5. The molecule has 0 aromatic rings. The molecule has 0 spiro atoms. The average molecular weight is 250 g/mol. The number of carbonyl (C=O) groups is 1. The van der Waals surface area contributed by atoms with Gasteiger partial charge in [-0.1, -0.05) is 32.1 Å². The number of carboxylic acid groups (broad SMARTS) is 1. The van der Waals surface area contributed by atoms with Crippen molar-refractivity contribution >= 4 is 5.97 Å². The summed E-state index contributed by atoms with van der Waals surface area (Å²) in [7, 11) is 0. The van der Waals surface area contributed by atoms with E-state index in [9.17, 15) is 9.90 Å². The Balaban J connectivity index is 2.33. The summed E-state index contributed by atoms with van der Waals surface area (Å²) >= 11 is 0. The van der Waals surface area contributed by atoms with Crippen molar-refractivity contribution in [2.45, 2.75) is 45.6 Å². The lowest BCUT2D eigenvalue weighted by atomic mass is 9.59. The molecule has 2 aliphatic carbocycles. The molecule has 1 fully saturated rings. The quantitative estimate of drug-likeness (QED) is 0.585. The minimum atomic E-state index is -0.913. The van der Waals surface area contributed by atoms with Gasteiger partial charge in [-0.15, -0.1) is 0 Å². The molecular weight excluding hydrogens is 228 g/mol. The second kappa shape index (κ2) is 4.54. The molecule has 0 aromatic carbocycles. The largest absolute Gasteiger partial charge is 0.478 e. The molecule has 18 heavy (non-hydrogen) atoms. The minimum Gasteiger partial charge on any atom is -0.478 e. The van der Waals surface area contributed by atoms with Crippen LogP contribution < -0.4 is 0 Å². The van der Waals surface area contributed by atoms with E-state index in [2.05, 4.69) is 26.5 Å². The Morgan fingerprint density at radius 2 is 2.11 bits per heavy atom. The second-order valence-electron chi connectivity index (χ2n) is 6.01. The fraction of sp³-hybridized carbons (Fsp3) is 0.667. The summed E-state index contributed by atoms with van der Waals surface area (Å²) < 4.78 is 0. The minimum absolute atomic E-state index is 0.0710. The van der Waals surface area contributed by atoms with Crippen molar-refractivity contribution in [2.75, 3.05) is 0 Å². The zero-order valence-electron chi connectivity index (χ0n) is 11.1. The van der Waals surface area contributed by atoms with E-state index in [-0.39, 0.29) is 23.0 Å². The molecule has 0 amide bonds. The third-order valence-electron chi connectivity index (χ3n) is 4.88. The number of aliphatic carboxylic acids is 1. The highest BCUT2D eigenvalue weighted by atomic mass is 16.4. The highest BCUT2D eigenvalue weighted by Crippen LogP contribution is 2.51. The highest BCUT2D eigenvalue weighted by molar-refractivity contribution is 5.86. The lowest BCUT2D eigenvalue weighted by molar-refractivity contribution is -0.133. The van der Waals surface area contributed by atoms with E-state index >= 15 is 0 Å². The lowest BCUT2D eigenvalue weighted by Gasteiger charge is -2.47. The Bertz CT molecular complexity index is 410. The molecule has 1 unspecified atom stereocenters. The molecule has 0 radical (unpaired) electrons. The van der Waals surface area contributed by atoms with Crippen LogP contribution >= 0.6 is 0 Å². The zero-order valence-corrected chi connectivity index (χ0v) is 11.1. The van der Waals surface area contributed by atoms with E-state index in [4.69, 9.17) is 5.11 Å². The predicted octanol–water partition coefficient (Wildman–Crippen LogP) is 2.76. The molecule has 2 N–H and O–H groups in total. The van der Waals surface area contributed by atoms with Gasteiger partial charge in [-0.2, -0.15) is 0 Å². The molecule has 1 saturated carbocycles. The van der Waals surface area contributed by atoms with E-state index in [0.29, 0.717) is 5.92 Å². The van der Waals surface area contributed by atoms with Crippen LogP contribution in [0.1, 0.15) is 39.5 Å². The van der Waals surface area contributed by atoms with Crippen LogP contribution in [-0.4, -0.2) is 22.3 Å². The van der Waals surface area contributed by atoms with Crippen molar-refractivity contribution in [3.8, 4) is 0 Å². The first kappa shape index (κ1) is 13.3. The van der Waals surface area contributed by atoms with E-state index < -0.39 is 5.97 Å². The Labute approximate surface area is 108 Å². The topological polar surface area (TPSA) is 57.5 Å². The van der Waals surface area contributed by atoms with Gasteiger partial charge in [0.2, 0.25) is 0 Å². The van der Waals surface area contributed by atoms with Crippen molar-refractivity contribution in [1.29, 1.82) is 0 Å². The number of fused-ring (bicyclic) bond motifs is 1. The smallest absolute Gasteiger partial charge is 0.331 e. The summed E-state index contributed by atoms with van der Waals surface area (Å²) in [5, 5.41) is 19.3. The van der Waals surface area contributed by atoms with Crippen LogP contribution in [0.3, 0.4) is 0 Å². The van der Waals surface area contributed by atoms with Crippen LogP contribution in [0, 0.1) is 17.3 Å². The van der Waals surface area contributed by atoms with E-state index in [1.807, 2.05) is 0 Å². The molecule has 2 aliphatic rings. The summed E-state index contributed by atoms with van der Waals surface area (Å²) in [6.45, 7) is 7.95. The maximum absolute atomic E-state index is 11.0. The van der Waals surface area contributed by atoms with Gasteiger partial charge in [0.1, 0.15) is 0 Å². The van der Waals surface area contributed by atoms with Crippen molar-refractivity contribution < 1.29 is 15.0 Å². The number of hydrogen-bond donors (Lipinski definition) is 2. The number of aliphatic hydroxyl groups excluding tert-OH is 1. The molecule has 3 heteroatoms. The first-order chi connectivity index (χ1) is 8.36. The van der Waals surface area contributed by atoms with Crippen molar-refractivity contribution in [3.63, 3.8) is 0 Å². The Morgan fingerprint density at radius 3 is 2.72 bits per heavy atom. The second-order valence-corrected chi connectivity index (χ2v) is 6.01. The van der Waals surface area contributed by atoms with Crippen molar-refractivity contribution in [2.24, 2.45) is 17.3 Å². The van der Waals surface area contributed by atoms with Crippen molar-refractivity contribution in [1.82, 2.24) is 0 Å². The van der Waals surface area contributed by atoms with Crippen LogP contribution in [0.4, 0.5) is 0 Å². The summed E-state index contributed by atoms with van der Waals surface area (Å²) in [5.41, 5.74) is 1.35. The first-order valence-corrected chi connectivity index (χ1v) is 6.68. The average Bonchev–Trinajstić information content (AvgIpc) is 2.33. The molecule has 4 atom stereocenters. The SMILES string of the molecule is C=C(C(=O)O)C1C=C2[C@@H](C)CC[C@@H](O)[C@]2(C)CC1. The molecule has 0 aliphatic heterocycles. The lowest BCUT2D eigenvalue weighted by Crippen LogP contribution is -2.43. The van der Waals surface area contributed by atoms with Gasteiger partial charge in [0.05, 0.1) is 6.10 Å². The summed E-state index contributed by atoms with van der Waals surface area (Å²) in [5.74, 6) is -0.550. The third-order valence-corrected chi connectivity index (χ3v) is 4.88. The normalized spacial score (nSPS) is 39.7. The van der Waals surface area contributed by atoms with Gasteiger partial charge < -0.3 is 10.2 Å². The Morgan fingerprint density at radius 1 is 1.44 bits per heavy atom. The van der Waals surface area contributed by atoms with Gasteiger partial charge in [0.25, 0.3) is 0 Å². The summed E-state index contributed by atoms with van der Waals surface area (Å²) in [6.07, 6.45) is 5.22. The monoisotopic (exact) mass is 250 g/mol. The molecule has 0 saturated heterocycles. The van der Waals surface area contributed by atoms with Crippen LogP contribution in [0.15, 0.2) is 23.8 Å². The van der Waals surface area contributed by atoms with Gasteiger partial charge in [-0.05, 0) is 31.6 Å². The molecule has 0 bridgehead atoms. The van der Waals surface area contributed by atoms with E-state index in [0.717, 1.165) is 25.7 Å². The number of carboxylic acids is 1. The van der Waals surface area contributed by atoms with Gasteiger partial charge >= 0.3 is 5.97 Å². The van der Waals surface area contributed by atoms with E-state index in [1.165, 1.54) is 5.57 Å². The maximum Gasteiger partial charge on any atom is 0.331 e. The van der Waals surface area contributed by atoms with E-state index in [1.54, 1.807) is 0 Å². The van der Waals surface area contributed by atoms with Crippen LogP contribution in [-0.2, 0) is 4.79 Å². The Hall–Kier alpha value is -1.09. The first-order valence-electron chi connectivity index (χ1n) is 6.68. The van der Waals surface area contributed by atoms with Crippen LogP contribution in [0.25, 0.3) is 0 Å². The summed E-state index contributed by atoms with van der Waals surface area (Å²) in [4.78, 5) is 11.0. The molecule has 100 valence electrons. The Kier molecular flexibility index (Phi) is 3.37. The fourth-order valence-corrected chi connectivity index (χ4v) is 3.49. The third kappa shape index (κ3) is 2.01. The van der Waals surface area contributed by atoms with Crippen LogP contribution in [0.2, 0.25) is 0 Å². The number of allylic oxidation sites excluding steroid dienone is 1. The van der Waals surface area contributed by atoms with Crippen LogP contribution in [0.5, 0.6) is 0 Å². The standard InChI is InChI=1S/C15H22O3/c1-9-4-5-13(16)15(3)7-6-11(8-12(9)15)10(2)14(17)18/h8-9,11,13,16H,2,4-7H2,1,3H3,(H,17,18)/t9-,11?,13+,15+/m0/s1. The molecule has 0 aromatic heterocycles. The molecular formula is C15H22O3. The van der Waals surface area contributed by atoms with Gasteiger partial charge in [0, 0.05) is 16.9 Å². The highest BCUT2D eigenvalue weighted by Gasteiger charge is 2.45. The van der Waals surface area contributed by atoms with Crippen molar-refractivity contribution in [3.05, 3.63) is 23.8 Å². The van der Waals surface area contributed by atoms with Gasteiger partial charge in [-0.3, -0.25) is 0 Å². The molecule has 3 nitrogen and oxygen atoms in total. The number of rotatable bonds is 2. The number of hydrogen-bond acceptors (Lipinski definition) is 2. The van der Waals surface area contributed by atoms with Gasteiger partial charge in [-0.25, -0.2) is 4.79 Å². The molecule has 2 rings (SSSR count). The maximum atomic E-state index is 11.0.